The molecule has 16 heavy (non-hydrogen) atoms. The number of amides is 1. The van der Waals surface area contributed by atoms with Crippen molar-refractivity contribution in [2.75, 3.05) is 11.5 Å². The van der Waals surface area contributed by atoms with Crippen LogP contribution < -0.4 is 5.32 Å². The molecule has 0 aliphatic carbocycles. The molecule has 0 aliphatic rings. The number of rotatable bonds is 7. The summed E-state index contributed by atoms with van der Waals surface area (Å²) in [5.74, 6) is -3.27. The first-order valence-electron chi connectivity index (χ1n) is 4.16. The van der Waals surface area contributed by atoms with E-state index in [4.69, 9.17) is 15.5 Å². The summed E-state index contributed by atoms with van der Waals surface area (Å²) >= 11 is 1.02. The zero-order valence-corrected chi connectivity index (χ0v) is 8.99. The van der Waals surface area contributed by atoms with E-state index in [9.17, 15) is 14.4 Å². The van der Waals surface area contributed by atoms with E-state index in [0.717, 1.165) is 11.8 Å². The second-order valence-corrected chi connectivity index (χ2v) is 3.69. The van der Waals surface area contributed by atoms with Crippen molar-refractivity contribution >= 4 is 29.6 Å². The van der Waals surface area contributed by atoms with Crippen LogP contribution in [0.4, 0.5) is 0 Å². The molecule has 0 heterocycles. The normalized spacial score (nSPS) is 11.2. The fraction of sp³-hybridized carbons (Fsp3) is 0.500. The van der Waals surface area contributed by atoms with Gasteiger partial charge in [0.05, 0.1) is 24.0 Å². The average Bonchev–Trinajstić information content (AvgIpc) is 2.16. The Balaban J connectivity index is 4.09. The van der Waals surface area contributed by atoms with E-state index in [2.05, 4.69) is 5.32 Å². The van der Waals surface area contributed by atoms with Gasteiger partial charge in [-0.25, -0.2) is 4.79 Å². The maximum Gasteiger partial charge on any atom is 0.326 e. The van der Waals surface area contributed by atoms with Gasteiger partial charge in [0, 0.05) is 0 Å². The fourth-order valence-electron chi connectivity index (χ4n) is 0.800. The highest BCUT2D eigenvalue weighted by atomic mass is 32.2. The number of carboxylic acid groups (broad SMARTS) is 2. The van der Waals surface area contributed by atoms with Crippen LogP contribution in [0.25, 0.3) is 0 Å². The van der Waals surface area contributed by atoms with Crippen molar-refractivity contribution in [3.63, 3.8) is 0 Å². The molecule has 0 fully saturated rings. The van der Waals surface area contributed by atoms with Gasteiger partial charge in [-0.1, -0.05) is 0 Å². The minimum atomic E-state index is -1.44. The molecule has 0 radical (unpaired) electrons. The van der Waals surface area contributed by atoms with E-state index in [1.165, 1.54) is 0 Å². The lowest BCUT2D eigenvalue weighted by Gasteiger charge is -2.11. The Morgan fingerprint density at radius 1 is 1.38 bits per heavy atom. The highest BCUT2D eigenvalue weighted by Crippen LogP contribution is 1.99. The SMILES string of the molecule is N#CCSCC(=O)N[C@H](CC(=O)O)C(=O)O. The van der Waals surface area contributed by atoms with Gasteiger partial charge in [0.25, 0.3) is 0 Å². The van der Waals surface area contributed by atoms with Crippen molar-refractivity contribution in [1.82, 2.24) is 5.32 Å². The number of nitriles is 1. The van der Waals surface area contributed by atoms with Gasteiger partial charge in [0.15, 0.2) is 0 Å². The number of thioether (sulfide) groups is 1. The zero-order chi connectivity index (χ0) is 12.6. The van der Waals surface area contributed by atoms with Crippen LogP contribution in [0, 0.1) is 11.3 Å². The average molecular weight is 246 g/mol. The molecular formula is C8H10N2O5S. The van der Waals surface area contributed by atoms with Gasteiger partial charge in [-0.2, -0.15) is 5.26 Å². The third kappa shape index (κ3) is 6.67. The molecule has 0 spiro atoms. The molecular weight excluding hydrogens is 236 g/mol. The Morgan fingerprint density at radius 3 is 2.44 bits per heavy atom. The fourth-order valence-corrected chi connectivity index (χ4v) is 1.26. The molecule has 1 atom stereocenters. The lowest BCUT2D eigenvalue weighted by atomic mass is 10.2. The summed E-state index contributed by atoms with van der Waals surface area (Å²) in [6.07, 6.45) is -0.677. The van der Waals surface area contributed by atoms with Crippen LogP contribution >= 0.6 is 11.8 Å². The lowest BCUT2D eigenvalue weighted by molar-refractivity contribution is -0.147. The van der Waals surface area contributed by atoms with Gasteiger partial charge >= 0.3 is 11.9 Å². The van der Waals surface area contributed by atoms with Crippen LogP contribution in [-0.4, -0.2) is 45.6 Å². The minimum absolute atomic E-state index is 0.0725. The summed E-state index contributed by atoms with van der Waals surface area (Å²) in [6.45, 7) is 0. The van der Waals surface area contributed by atoms with Crippen molar-refractivity contribution in [3.05, 3.63) is 0 Å². The van der Waals surface area contributed by atoms with Crippen molar-refractivity contribution < 1.29 is 24.6 Å². The van der Waals surface area contributed by atoms with E-state index in [1.807, 2.05) is 0 Å². The lowest BCUT2D eigenvalue weighted by Crippen LogP contribution is -2.43. The van der Waals surface area contributed by atoms with Crippen LogP contribution in [-0.2, 0) is 14.4 Å². The van der Waals surface area contributed by atoms with Crippen molar-refractivity contribution in [2.45, 2.75) is 12.5 Å². The van der Waals surface area contributed by atoms with Crippen LogP contribution in [0.2, 0.25) is 0 Å². The largest absolute Gasteiger partial charge is 0.481 e. The van der Waals surface area contributed by atoms with Crippen molar-refractivity contribution in [1.29, 1.82) is 5.26 Å². The number of carbonyl (C=O) groups excluding carboxylic acids is 1. The predicted octanol–water partition coefficient (Wildman–Crippen LogP) is -0.713. The monoisotopic (exact) mass is 246 g/mol. The van der Waals surface area contributed by atoms with Gasteiger partial charge in [-0.3, -0.25) is 9.59 Å². The van der Waals surface area contributed by atoms with Crippen LogP contribution in [0.3, 0.4) is 0 Å². The molecule has 0 bridgehead atoms. The number of nitrogens with one attached hydrogen (secondary N) is 1. The van der Waals surface area contributed by atoms with Crippen LogP contribution in [0.15, 0.2) is 0 Å². The summed E-state index contributed by atoms with van der Waals surface area (Å²) < 4.78 is 0. The van der Waals surface area contributed by atoms with E-state index >= 15 is 0 Å². The molecule has 0 aromatic rings. The molecule has 3 N–H and O–H groups in total. The first-order valence-corrected chi connectivity index (χ1v) is 5.31. The van der Waals surface area contributed by atoms with Crippen LogP contribution in [0.1, 0.15) is 6.42 Å². The Bertz CT molecular complexity index is 325. The Morgan fingerprint density at radius 2 is 2.00 bits per heavy atom. The smallest absolute Gasteiger partial charge is 0.326 e. The number of hydrogen-bond acceptors (Lipinski definition) is 5. The summed E-state index contributed by atoms with van der Waals surface area (Å²) in [5, 5.41) is 27.3. The number of nitrogens with zero attached hydrogens (tertiary/aromatic N) is 1. The predicted molar refractivity (Wildman–Crippen MR) is 54.8 cm³/mol. The first kappa shape index (κ1) is 14.2. The summed E-state index contributed by atoms with van der Waals surface area (Å²) in [4.78, 5) is 32.0. The van der Waals surface area contributed by atoms with E-state index in [0.29, 0.717) is 0 Å². The highest BCUT2D eigenvalue weighted by Gasteiger charge is 2.22. The number of carboxylic acids is 2. The number of aliphatic carboxylic acids is 2. The third-order valence-corrected chi connectivity index (χ3v) is 2.21. The molecule has 0 saturated heterocycles. The van der Waals surface area contributed by atoms with Gasteiger partial charge in [-0.15, -0.1) is 11.8 Å². The van der Waals surface area contributed by atoms with Gasteiger partial charge in [0.1, 0.15) is 6.04 Å². The van der Waals surface area contributed by atoms with Crippen molar-refractivity contribution in [3.8, 4) is 6.07 Å². The maximum absolute atomic E-state index is 11.1. The molecule has 0 aromatic carbocycles. The third-order valence-electron chi connectivity index (χ3n) is 1.41. The second-order valence-electron chi connectivity index (χ2n) is 2.71. The van der Waals surface area contributed by atoms with Gasteiger partial charge in [-0.05, 0) is 0 Å². The molecule has 0 saturated carbocycles. The molecule has 0 unspecified atom stereocenters. The summed E-state index contributed by atoms with van der Waals surface area (Å²) in [5.41, 5.74) is 0. The van der Waals surface area contributed by atoms with E-state index in [-0.39, 0.29) is 11.5 Å². The molecule has 7 nitrogen and oxygen atoms in total. The summed E-state index contributed by atoms with van der Waals surface area (Å²) in [6, 6.07) is 0.367. The van der Waals surface area contributed by atoms with E-state index in [1.54, 1.807) is 6.07 Å². The van der Waals surface area contributed by atoms with Gasteiger partial charge in [0.2, 0.25) is 5.91 Å². The molecule has 0 aliphatic heterocycles. The Kier molecular flexibility index (Phi) is 6.71. The van der Waals surface area contributed by atoms with Gasteiger partial charge < -0.3 is 15.5 Å². The van der Waals surface area contributed by atoms with Crippen LogP contribution in [0.5, 0.6) is 0 Å². The number of carbonyl (C=O) groups is 3. The Hall–Kier alpha value is -1.75. The van der Waals surface area contributed by atoms with E-state index < -0.39 is 30.3 Å². The van der Waals surface area contributed by atoms with Crippen molar-refractivity contribution in [2.24, 2.45) is 0 Å². The molecule has 1 amide bonds. The molecule has 88 valence electrons. The zero-order valence-electron chi connectivity index (χ0n) is 8.17. The second kappa shape index (κ2) is 7.53. The minimum Gasteiger partial charge on any atom is -0.481 e. The number of hydrogen-bond donors (Lipinski definition) is 3. The first-order chi connectivity index (χ1) is 7.47. The molecule has 8 heteroatoms. The Labute approximate surface area is 95.4 Å². The molecule has 0 rings (SSSR count). The quantitative estimate of drug-likeness (QED) is 0.506. The standard InChI is InChI=1S/C8H10N2O5S/c9-1-2-16-4-6(11)10-5(8(14)15)3-7(12)13/h5H,2-4H2,(H,10,11)(H,12,13)(H,14,15)/t5-/m1/s1. The topological polar surface area (TPSA) is 127 Å². The molecule has 0 aromatic heterocycles. The highest BCUT2D eigenvalue weighted by molar-refractivity contribution is 8.00. The maximum atomic E-state index is 11.1. The summed E-state index contributed by atoms with van der Waals surface area (Å²) in [7, 11) is 0.